The Bertz CT molecular complexity index is 147. The van der Waals surface area contributed by atoms with Gasteiger partial charge in [-0.05, 0) is 42.2 Å². The van der Waals surface area contributed by atoms with Gasteiger partial charge in [0.25, 0.3) is 0 Å². The Morgan fingerprint density at radius 1 is 1.27 bits per heavy atom. The highest BCUT2D eigenvalue weighted by atomic mass is 32.2. The Morgan fingerprint density at radius 2 is 1.93 bits per heavy atom. The molecule has 0 aromatic carbocycles. The molecule has 0 aliphatic heterocycles. The Balaban J connectivity index is 3.74. The normalized spacial score (nSPS) is 15.6. The van der Waals surface area contributed by atoms with Crippen LogP contribution < -0.4 is 5.32 Å². The van der Waals surface area contributed by atoms with Crippen molar-refractivity contribution in [3.63, 3.8) is 0 Å². The molecule has 0 radical (unpaired) electrons. The second-order valence-corrected chi connectivity index (χ2v) is 6.53. The SMILES string of the molecule is CCSCCC(C)(CC)CNCC(C)C. The summed E-state index contributed by atoms with van der Waals surface area (Å²) in [6, 6.07) is 0. The maximum absolute atomic E-state index is 3.59. The fraction of sp³-hybridized carbons (Fsp3) is 1.00. The topological polar surface area (TPSA) is 12.0 Å². The third-order valence-electron chi connectivity index (χ3n) is 3.01. The summed E-state index contributed by atoms with van der Waals surface area (Å²) in [5.41, 5.74) is 0.497. The fourth-order valence-corrected chi connectivity index (χ4v) is 2.44. The van der Waals surface area contributed by atoms with E-state index in [1.54, 1.807) is 0 Å². The number of thioether (sulfide) groups is 1. The lowest BCUT2D eigenvalue weighted by Crippen LogP contribution is -2.34. The smallest absolute Gasteiger partial charge is 0.000547 e. The van der Waals surface area contributed by atoms with Crippen LogP contribution in [0.25, 0.3) is 0 Å². The molecular formula is C13H29NS. The van der Waals surface area contributed by atoms with Crippen molar-refractivity contribution in [3.05, 3.63) is 0 Å². The number of nitrogens with one attached hydrogen (secondary N) is 1. The highest BCUT2D eigenvalue weighted by Crippen LogP contribution is 2.26. The van der Waals surface area contributed by atoms with Gasteiger partial charge >= 0.3 is 0 Å². The lowest BCUT2D eigenvalue weighted by Gasteiger charge is -2.29. The first kappa shape index (κ1) is 15.3. The van der Waals surface area contributed by atoms with Crippen LogP contribution in [0.1, 0.15) is 47.5 Å². The molecule has 0 heterocycles. The Kier molecular flexibility index (Phi) is 8.64. The van der Waals surface area contributed by atoms with Crippen LogP contribution in [0.2, 0.25) is 0 Å². The van der Waals surface area contributed by atoms with Gasteiger partial charge in [0.15, 0.2) is 0 Å². The van der Waals surface area contributed by atoms with Crippen LogP contribution in [-0.2, 0) is 0 Å². The maximum Gasteiger partial charge on any atom is 0.000547 e. The number of rotatable bonds is 9. The van der Waals surface area contributed by atoms with Crippen LogP contribution in [-0.4, -0.2) is 24.6 Å². The Morgan fingerprint density at radius 3 is 2.40 bits per heavy atom. The molecule has 92 valence electrons. The molecule has 0 saturated heterocycles. The zero-order chi connectivity index (χ0) is 11.7. The van der Waals surface area contributed by atoms with Gasteiger partial charge in [0, 0.05) is 6.54 Å². The lowest BCUT2D eigenvalue weighted by molar-refractivity contribution is 0.279. The quantitative estimate of drug-likeness (QED) is 0.606. The molecule has 0 aliphatic carbocycles. The van der Waals surface area contributed by atoms with Crippen LogP contribution in [0.5, 0.6) is 0 Å². The van der Waals surface area contributed by atoms with E-state index in [1.807, 2.05) is 0 Å². The third kappa shape index (κ3) is 8.15. The fourth-order valence-electron chi connectivity index (χ4n) is 1.52. The average Bonchev–Trinajstić information content (AvgIpc) is 2.18. The molecule has 0 amide bonds. The predicted octanol–water partition coefficient (Wildman–Crippen LogP) is 3.79. The van der Waals surface area contributed by atoms with E-state index in [0.29, 0.717) is 5.41 Å². The first-order valence-corrected chi connectivity index (χ1v) is 7.48. The van der Waals surface area contributed by atoms with Crippen molar-refractivity contribution in [3.8, 4) is 0 Å². The summed E-state index contributed by atoms with van der Waals surface area (Å²) in [6.07, 6.45) is 2.62. The lowest BCUT2D eigenvalue weighted by atomic mass is 9.84. The van der Waals surface area contributed by atoms with Gasteiger partial charge in [-0.15, -0.1) is 0 Å². The molecule has 0 bridgehead atoms. The zero-order valence-electron chi connectivity index (χ0n) is 11.2. The summed E-state index contributed by atoms with van der Waals surface area (Å²) in [5, 5.41) is 3.59. The average molecular weight is 231 g/mol. The molecular weight excluding hydrogens is 202 g/mol. The molecule has 0 aromatic rings. The van der Waals surface area contributed by atoms with Crippen molar-refractivity contribution in [2.24, 2.45) is 11.3 Å². The second kappa shape index (κ2) is 8.46. The van der Waals surface area contributed by atoms with Crippen molar-refractivity contribution in [1.82, 2.24) is 5.32 Å². The van der Waals surface area contributed by atoms with Crippen LogP contribution in [0.4, 0.5) is 0 Å². The standard InChI is InChI=1S/C13H29NS/c1-6-13(5,8-9-15-7-2)11-14-10-12(3)4/h12,14H,6-11H2,1-5H3. The Hall–Kier alpha value is 0.310. The van der Waals surface area contributed by atoms with Gasteiger partial charge < -0.3 is 5.32 Å². The van der Waals surface area contributed by atoms with Crippen LogP contribution in [0.15, 0.2) is 0 Å². The zero-order valence-corrected chi connectivity index (χ0v) is 12.0. The molecule has 15 heavy (non-hydrogen) atoms. The molecule has 1 unspecified atom stereocenters. The van der Waals surface area contributed by atoms with Crippen molar-refractivity contribution in [2.45, 2.75) is 47.5 Å². The number of hydrogen-bond acceptors (Lipinski definition) is 2. The van der Waals surface area contributed by atoms with E-state index in [4.69, 9.17) is 0 Å². The van der Waals surface area contributed by atoms with E-state index in [0.717, 1.165) is 12.5 Å². The highest BCUT2D eigenvalue weighted by molar-refractivity contribution is 7.99. The summed E-state index contributed by atoms with van der Waals surface area (Å²) in [6.45, 7) is 13.8. The van der Waals surface area contributed by atoms with E-state index < -0.39 is 0 Å². The highest BCUT2D eigenvalue weighted by Gasteiger charge is 2.20. The van der Waals surface area contributed by atoms with Gasteiger partial charge in [-0.1, -0.05) is 34.6 Å². The monoisotopic (exact) mass is 231 g/mol. The summed E-state index contributed by atoms with van der Waals surface area (Å²) < 4.78 is 0. The molecule has 0 spiro atoms. The summed E-state index contributed by atoms with van der Waals surface area (Å²) in [4.78, 5) is 0. The van der Waals surface area contributed by atoms with E-state index in [1.165, 1.54) is 30.9 Å². The second-order valence-electron chi connectivity index (χ2n) is 5.14. The third-order valence-corrected chi connectivity index (χ3v) is 3.91. The Labute approximate surface area is 101 Å². The van der Waals surface area contributed by atoms with Gasteiger partial charge in [0.2, 0.25) is 0 Å². The molecule has 0 rings (SSSR count). The van der Waals surface area contributed by atoms with Gasteiger partial charge in [0.1, 0.15) is 0 Å². The van der Waals surface area contributed by atoms with Gasteiger partial charge in [-0.25, -0.2) is 0 Å². The van der Waals surface area contributed by atoms with Crippen molar-refractivity contribution < 1.29 is 0 Å². The summed E-state index contributed by atoms with van der Waals surface area (Å²) >= 11 is 2.06. The van der Waals surface area contributed by atoms with Crippen molar-refractivity contribution >= 4 is 11.8 Å². The van der Waals surface area contributed by atoms with Crippen molar-refractivity contribution in [1.29, 1.82) is 0 Å². The van der Waals surface area contributed by atoms with Gasteiger partial charge in [-0.3, -0.25) is 0 Å². The van der Waals surface area contributed by atoms with Crippen LogP contribution in [0, 0.1) is 11.3 Å². The molecule has 2 heteroatoms. The van der Waals surface area contributed by atoms with Crippen molar-refractivity contribution in [2.75, 3.05) is 24.6 Å². The number of hydrogen-bond donors (Lipinski definition) is 1. The minimum Gasteiger partial charge on any atom is -0.316 e. The molecule has 0 saturated carbocycles. The van der Waals surface area contributed by atoms with Gasteiger partial charge in [-0.2, -0.15) is 11.8 Å². The summed E-state index contributed by atoms with van der Waals surface area (Å²) in [5.74, 6) is 3.32. The van der Waals surface area contributed by atoms with Gasteiger partial charge in [0.05, 0.1) is 0 Å². The predicted molar refractivity (Wildman–Crippen MR) is 73.7 cm³/mol. The first-order chi connectivity index (χ1) is 7.04. The maximum atomic E-state index is 3.59. The molecule has 1 N–H and O–H groups in total. The molecule has 1 atom stereocenters. The first-order valence-electron chi connectivity index (χ1n) is 6.32. The summed E-state index contributed by atoms with van der Waals surface area (Å²) in [7, 11) is 0. The van der Waals surface area contributed by atoms with E-state index in [2.05, 4.69) is 51.7 Å². The molecule has 0 aliphatic rings. The minimum atomic E-state index is 0.497. The van der Waals surface area contributed by atoms with Crippen LogP contribution in [0.3, 0.4) is 0 Å². The molecule has 0 aromatic heterocycles. The molecule has 1 nitrogen and oxygen atoms in total. The van der Waals surface area contributed by atoms with Crippen LogP contribution >= 0.6 is 11.8 Å². The van der Waals surface area contributed by atoms with E-state index in [9.17, 15) is 0 Å². The minimum absolute atomic E-state index is 0.497. The van der Waals surface area contributed by atoms with E-state index in [-0.39, 0.29) is 0 Å². The molecule has 0 fully saturated rings. The van der Waals surface area contributed by atoms with E-state index >= 15 is 0 Å². The largest absolute Gasteiger partial charge is 0.316 e.